The van der Waals surface area contributed by atoms with Crippen LogP contribution in [0.5, 0.6) is 0 Å². The highest BCUT2D eigenvalue weighted by atomic mass is 19.4. The Balaban J connectivity index is 1.90. The smallest absolute Gasteiger partial charge is 0.361 e. The molecule has 0 radical (unpaired) electrons. The molecule has 108 valence electrons. The van der Waals surface area contributed by atoms with E-state index < -0.39 is 12.1 Å². The van der Waals surface area contributed by atoms with Gasteiger partial charge in [-0.3, -0.25) is 0 Å². The first kappa shape index (κ1) is 14.4. The zero-order chi connectivity index (χ0) is 14.0. The summed E-state index contributed by atoms with van der Waals surface area (Å²) < 4.78 is 43.2. The van der Waals surface area contributed by atoms with Crippen molar-refractivity contribution in [2.45, 2.75) is 58.3 Å². The molecule has 6 heteroatoms. The third-order valence-electron chi connectivity index (χ3n) is 3.89. The summed E-state index contributed by atoms with van der Waals surface area (Å²) in [4.78, 5) is 0. The molecule has 1 heterocycles. The summed E-state index contributed by atoms with van der Waals surface area (Å²) in [6.45, 7) is 4.18. The minimum absolute atomic E-state index is 0.0749. The standard InChI is InChI=1S/C13H19F3N2O/c1-8-12(9(2)19-18-8)7-17-11-5-3-4-10(6-11)13(14,15)16/h10-11,17H,3-7H2,1-2H3/t10-,11+/m0/s1. The molecule has 0 saturated heterocycles. The summed E-state index contributed by atoms with van der Waals surface area (Å²) in [5.41, 5.74) is 1.75. The van der Waals surface area contributed by atoms with Crippen LogP contribution in [0.1, 0.15) is 42.7 Å². The Hall–Kier alpha value is -1.04. The molecular formula is C13H19F3N2O. The minimum atomic E-state index is -4.07. The van der Waals surface area contributed by atoms with Gasteiger partial charge in [0.1, 0.15) is 5.76 Å². The maximum Gasteiger partial charge on any atom is 0.391 e. The van der Waals surface area contributed by atoms with Gasteiger partial charge in [0.25, 0.3) is 0 Å². The second-order valence-corrected chi connectivity index (χ2v) is 5.29. The molecule has 1 aromatic rings. The summed E-state index contributed by atoms with van der Waals surface area (Å²) in [5.74, 6) is -0.434. The van der Waals surface area contributed by atoms with E-state index in [1.54, 1.807) is 0 Å². The molecule has 0 spiro atoms. The summed E-state index contributed by atoms with van der Waals surface area (Å²) >= 11 is 0. The molecule has 1 fully saturated rings. The number of halogens is 3. The lowest BCUT2D eigenvalue weighted by molar-refractivity contribution is -0.183. The lowest BCUT2D eigenvalue weighted by Crippen LogP contribution is -2.38. The zero-order valence-corrected chi connectivity index (χ0v) is 11.2. The van der Waals surface area contributed by atoms with Crippen LogP contribution >= 0.6 is 0 Å². The van der Waals surface area contributed by atoms with Gasteiger partial charge in [0.05, 0.1) is 11.6 Å². The van der Waals surface area contributed by atoms with Crippen molar-refractivity contribution < 1.29 is 17.7 Å². The largest absolute Gasteiger partial charge is 0.391 e. The van der Waals surface area contributed by atoms with Crippen molar-refractivity contribution in [2.24, 2.45) is 5.92 Å². The average molecular weight is 276 g/mol. The average Bonchev–Trinajstić information content (AvgIpc) is 2.66. The van der Waals surface area contributed by atoms with E-state index in [0.717, 1.165) is 23.4 Å². The highest BCUT2D eigenvalue weighted by Crippen LogP contribution is 2.37. The Kier molecular flexibility index (Phi) is 4.18. The first-order valence-electron chi connectivity index (χ1n) is 6.59. The van der Waals surface area contributed by atoms with Crippen molar-refractivity contribution in [3.05, 3.63) is 17.0 Å². The van der Waals surface area contributed by atoms with E-state index in [1.165, 1.54) is 0 Å². The van der Waals surface area contributed by atoms with E-state index in [9.17, 15) is 13.2 Å². The van der Waals surface area contributed by atoms with Crippen molar-refractivity contribution in [1.82, 2.24) is 10.5 Å². The first-order chi connectivity index (χ1) is 8.88. The van der Waals surface area contributed by atoms with Crippen LogP contribution in [-0.4, -0.2) is 17.4 Å². The Morgan fingerprint density at radius 2 is 2.05 bits per heavy atom. The third-order valence-corrected chi connectivity index (χ3v) is 3.89. The number of rotatable bonds is 3. The van der Waals surface area contributed by atoms with Crippen LogP contribution in [0.4, 0.5) is 13.2 Å². The molecule has 1 aliphatic carbocycles. The Morgan fingerprint density at radius 3 is 2.63 bits per heavy atom. The predicted octanol–water partition coefficient (Wildman–Crippen LogP) is 3.50. The number of aryl methyl sites for hydroxylation is 2. The van der Waals surface area contributed by atoms with Gasteiger partial charge in [-0.25, -0.2) is 0 Å². The van der Waals surface area contributed by atoms with Gasteiger partial charge in [0, 0.05) is 18.2 Å². The Labute approximate surface area is 110 Å². The van der Waals surface area contributed by atoms with Crippen LogP contribution in [0, 0.1) is 19.8 Å². The summed E-state index contributed by atoms with van der Waals surface area (Å²) in [6.07, 6.45) is -2.21. The lowest BCUT2D eigenvalue weighted by Gasteiger charge is -2.31. The molecule has 2 atom stereocenters. The highest BCUT2D eigenvalue weighted by molar-refractivity contribution is 5.20. The Bertz CT molecular complexity index is 409. The number of aromatic nitrogens is 1. The maximum absolute atomic E-state index is 12.7. The van der Waals surface area contributed by atoms with Gasteiger partial charge in [0.15, 0.2) is 0 Å². The fourth-order valence-electron chi connectivity index (χ4n) is 2.67. The molecule has 19 heavy (non-hydrogen) atoms. The second kappa shape index (κ2) is 5.53. The molecule has 2 rings (SSSR count). The van der Waals surface area contributed by atoms with Crippen LogP contribution < -0.4 is 5.32 Å². The topological polar surface area (TPSA) is 38.1 Å². The van der Waals surface area contributed by atoms with Crippen LogP contribution in [0.25, 0.3) is 0 Å². The third kappa shape index (κ3) is 3.49. The van der Waals surface area contributed by atoms with Crippen LogP contribution in [0.15, 0.2) is 4.52 Å². The fourth-order valence-corrected chi connectivity index (χ4v) is 2.67. The molecule has 1 aliphatic rings. The first-order valence-corrected chi connectivity index (χ1v) is 6.59. The quantitative estimate of drug-likeness (QED) is 0.918. The molecule has 1 aromatic heterocycles. The molecule has 0 unspecified atom stereocenters. The molecular weight excluding hydrogens is 257 g/mol. The predicted molar refractivity (Wildman–Crippen MR) is 64.6 cm³/mol. The number of hydrogen-bond donors (Lipinski definition) is 1. The van der Waals surface area contributed by atoms with E-state index in [-0.39, 0.29) is 18.9 Å². The number of alkyl halides is 3. The van der Waals surface area contributed by atoms with Crippen molar-refractivity contribution in [3.8, 4) is 0 Å². The maximum atomic E-state index is 12.7. The SMILES string of the molecule is Cc1noc(C)c1CN[C@@H]1CCC[C@H](C(F)(F)F)C1. The molecule has 3 nitrogen and oxygen atoms in total. The number of nitrogens with one attached hydrogen (secondary N) is 1. The molecule has 1 N–H and O–H groups in total. The van der Waals surface area contributed by atoms with E-state index in [1.807, 2.05) is 13.8 Å². The van der Waals surface area contributed by atoms with E-state index in [0.29, 0.717) is 13.0 Å². The molecule has 1 saturated carbocycles. The zero-order valence-electron chi connectivity index (χ0n) is 11.2. The summed E-state index contributed by atoms with van der Waals surface area (Å²) in [5, 5.41) is 7.05. The van der Waals surface area contributed by atoms with Crippen LogP contribution in [0.3, 0.4) is 0 Å². The van der Waals surface area contributed by atoms with Gasteiger partial charge in [-0.15, -0.1) is 0 Å². The molecule has 0 aromatic carbocycles. The Morgan fingerprint density at radius 1 is 1.32 bits per heavy atom. The van der Waals surface area contributed by atoms with Crippen molar-refractivity contribution in [3.63, 3.8) is 0 Å². The van der Waals surface area contributed by atoms with Gasteiger partial charge in [-0.1, -0.05) is 11.6 Å². The summed E-state index contributed by atoms with van der Waals surface area (Å²) in [6, 6.07) is -0.0749. The van der Waals surface area contributed by atoms with Gasteiger partial charge in [-0.2, -0.15) is 13.2 Å². The lowest BCUT2D eigenvalue weighted by atomic mass is 9.85. The van der Waals surface area contributed by atoms with E-state index in [4.69, 9.17) is 4.52 Å². The van der Waals surface area contributed by atoms with Crippen LogP contribution in [-0.2, 0) is 6.54 Å². The molecule has 0 aliphatic heterocycles. The van der Waals surface area contributed by atoms with Gasteiger partial charge in [0.2, 0.25) is 0 Å². The van der Waals surface area contributed by atoms with E-state index in [2.05, 4.69) is 10.5 Å². The van der Waals surface area contributed by atoms with Crippen molar-refractivity contribution in [2.75, 3.05) is 0 Å². The van der Waals surface area contributed by atoms with Gasteiger partial charge >= 0.3 is 6.18 Å². The van der Waals surface area contributed by atoms with E-state index >= 15 is 0 Å². The van der Waals surface area contributed by atoms with Crippen molar-refractivity contribution >= 4 is 0 Å². The molecule has 0 amide bonds. The second-order valence-electron chi connectivity index (χ2n) is 5.29. The van der Waals surface area contributed by atoms with Crippen LogP contribution in [0.2, 0.25) is 0 Å². The highest BCUT2D eigenvalue weighted by Gasteiger charge is 2.42. The van der Waals surface area contributed by atoms with Gasteiger partial charge in [-0.05, 0) is 33.1 Å². The number of hydrogen-bond acceptors (Lipinski definition) is 3. The normalized spacial score (nSPS) is 24.7. The minimum Gasteiger partial charge on any atom is -0.361 e. The summed E-state index contributed by atoms with van der Waals surface area (Å²) in [7, 11) is 0. The van der Waals surface area contributed by atoms with Crippen molar-refractivity contribution in [1.29, 1.82) is 0 Å². The van der Waals surface area contributed by atoms with Gasteiger partial charge < -0.3 is 9.84 Å². The number of nitrogens with zero attached hydrogens (tertiary/aromatic N) is 1. The fraction of sp³-hybridized carbons (Fsp3) is 0.769. The molecule has 0 bridgehead atoms. The monoisotopic (exact) mass is 276 g/mol.